The van der Waals surface area contributed by atoms with E-state index in [1.807, 2.05) is 78.9 Å². The van der Waals surface area contributed by atoms with E-state index in [-0.39, 0.29) is 19.1 Å². The fraction of sp³-hybridized carbons (Fsp3) is 0.323. The molecule has 8 nitrogen and oxygen atoms in total. The number of likely N-dealkylation sites (N-methyl/N-ethyl adjacent to an activating group) is 1. The van der Waals surface area contributed by atoms with Crippen molar-refractivity contribution in [1.29, 1.82) is 0 Å². The molecule has 2 aliphatic rings. The Morgan fingerprint density at radius 1 is 1.00 bits per heavy atom. The summed E-state index contributed by atoms with van der Waals surface area (Å²) >= 11 is 0. The number of benzene rings is 3. The maximum Gasteiger partial charge on any atom is 0.407 e. The first-order chi connectivity index (χ1) is 19.6. The summed E-state index contributed by atoms with van der Waals surface area (Å²) in [6, 6.07) is 22.1. The lowest BCUT2D eigenvalue weighted by atomic mass is 9.98. The van der Waals surface area contributed by atoms with E-state index in [1.54, 1.807) is 11.9 Å². The number of nitrogens with one attached hydrogen (secondary N) is 1. The first kappa shape index (κ1) is 28.2. The van der Waals surface area contributed by atoms with E-state index in [4.69, 9.17) is 4.74 Å². The van der Waals surface area contributed by atoms with Gasteiger partial charge in [0.15, 0.2) is 0 Å². The van der Waals surface area contributed by atoms with Crippen molar-refractivity contribution in [2.75, 3.05) is 26.7 Å². The number of carboxylic acid groups (broad SMARTS) is 1. The van der Waals surface area contributed by atoms with Gasteiger partial charge in [-0.25, -0.2) is 18.4 Å². The summed E-state index contributed by atoms with van der Waals surface area (Å²) in [4.78, 5) is 40.7. The van der Waals surface area contributed by atoms with Crippen LogP contribution in [0.25, 0.3) is 11.1 Å². The van der Waals surface area contributed by atoms with E-state index in [0.717, 1.165) is 27.8 Å². The number of nitrogens with zero attached hydrogens (tertiary/aromatic N) is 2. The number of carbonyl (C=O) groups is 3. The van der Waals surface area contributed by atoms with Crippen LogP contribution < -0.4 is 5.32 Å². The van der Waals surface area contributed by atoms with Crippen molar-refractivity contribution >= 4 is 18.0 Å². The molecular weight excluding hydrogens is 532 g/mol. The fourth-order valence-corrected chi connectivity index (χ4v) is 5.71. The Kier molecular flexibility index (Phi) is 8.03. The minimum atomic E-state index is -3.34. The van der Waals surface area contributed by atoms with Crippen LogP contribution in [0.15, 0.2) is 78.9 Å². The van der Waals surface area contributed by atoms with Gasteiger partial charge in [0.1, 0.15) is 18.7 Å². The largest absolute Gasteiger partial charge is 0.480 e. The van der Waals surface area contributed by atoms with Gasteiger partial charge in [0.05, 0.1) is 6.54 Å². The van der Waals surface area contributed by atoms with Crippen LogP contribution in [0.5, 0.6) is 0 Å². The molecule has 2 atom stereocenters. The first-order valence-electron chi connectivity index (χ1n) is 13.4. The highest BCUT2D eigenvalue weighted by Gasteiger charge is 2.51. The summed E-state index contributed by atoms with van der Waals surface area (Å²) in [6.45, 7) is -0.671. The van der Waals surface area contributed by atoms with Crippen LogP contribution in [-0.4, -0.2) is 77.6 Å². The van der Waals surface area contributed by atoms with Crippen molar-refractivity contribution in [2.24, 2.45) is 0 Å². The summed E-state index contributed by atoms with van der Waals surface area (Å²) in [5, 5.41) is 12.1. The van der Waals surface area contributed by atoms with E-state index in [1.165, 1.54) is 0 Å². The third-order valence-electron chi connectivity index (χ3n) is 7.56. The molecule has 1 aliphatic heterocycles. The van der Waals surface area contributed by atoms with Crippen molar-refractivity contribution in [3.8, 4) is 11.1 Å². The normalized spacial score (nSPS) is 18.0. The van der Waals surface area contributed by atoms with Crippen molar-refractivity contribution in [1.82, 2.24) is 15.1 Å². The molecule has 2 unspecified atom stereocenters. The van der Waals surface area contributed by atoms with Gasteiger partial charge in [-0.3, -0.25) is 9.69 Å². The molecule has 41 heavy (non-hydrogen) atoms. The Morgan fingerprint density at radius 3 is 2.20 bits per heavy atom. The van der Waals surface area contributed by atoms with Crippen LogP contribution in [0, 0.1) is 0 Å². The Balaban J connectivity index is 1.31. The summed E-state index contributed by atoms with van der Waals surface area (Å²) in [6.07, 6.45) is -1.87. The smallest absolute Gasteiger partial charge is 0.407 e. The predicted octanol–water partition coefficient (Wildman–Crippen LogP) is 4.35. The molecule has 1 heterocycles. The number of halogens is 2. The Hall–Kier alpha value is -4.31. The number of hydrogen-bond donors (Lipinski definition) is 2. The van der Waals surface area contributed by atoms with Crippen molar-refractivity contribution in [2.45, 2.75) is 36.9 Å². The third kappa shape index (κ3) is 6.22. The van der Waals surface area contributed by atoms with Crippen LogP contribution in [0.1, 0.15) is 29.0 Å². The van der Waals surface area contributed by atoms with Crippen LogP contribution in [0.3, 0.4) is 0 Å². The van der Waals surface area contributed by atoms with Crippen molar-refractivity contribution < 1.29 is 33.0 Å². The highest BCUT2D eigenvalue weighted by atomic mass is 19.3. The lowest BCUT2D eigenvalue weighted by molar-refractivity contribution is -0.149. The number of alkyl halides is 2. The summed E-state index contributed by atoms with van der Waals surface area (Å²) in [7, 11) is 1.72. The second-order valence-electron chi connectivity index (χ2n) is 10.6. The van der Waals surface area contributed by atoms with Crippen molar-refractivity contribution in [3.05, 3.63) is 95.6 Å². The van der Waals surface area contributed by atoms with Gasteiger partial charge in [-0.05, 0) is 34.9 Å². The monoisotopic (exact) mass is 563 g/mol. The van der Waals surface area contributed by atoms with E-state index in [9.17, 15) is 28.3 Å². The number of aliphatic carboxylic acids is 1. The van der Waals surface area contributed by atoms with E-state index in [0.29, 0.717) is 11.4 Å². The van der Waals surface area contributed by atoms with Gasteiger partial charge in [0, 0.05) is 25.4 Å². The van der Waals surface area contributed by atoms with Crippen LogP contribution >= 0.6 is 0 Å². The minimum Gasteiger partial charge on any atom is -0.480 e. The molecule has 1 aliphatic carbocycles. The average molecular weight is 564 g/mol. The third-order valence-corrected chi connectivity index (χ3v) is 7.56. The molecule has 1 saturated heterocycles. The van der Waals surface area contributed by atoms with Crippen LogP contribution in [-0.2, 0) is 20.9 Å². The molecule has 0 radical (unpaired) electrons. The minimum absolute atomic E-state index is 0.000160. The Labute approximate surface area is 236 Å². The number of fused-ring (bicyclic) bond motifs is 3. The standard InChI is InChI=1S/C31H31F2N3O5/c1-35(16-20-9-3-2-4-10-20)17-26(28(37)36-19-31(32,33)15-27(36)29(38)39)34-30(40)41-18-25-23-13-7-5-11-21(23)22-12-6-8-14-24(22)25/h2-14,25-27H,15-19H2,1H3,(H,34,40)(H,38,39). The number of amides is 2. The van der Waals surface area contributed by atoms with Gasteiger partial charge in [-0.2, -0.15) is 0 Å². The molecule has 1 fully saturated rings. The van der Waals surface area contributed by atoms with Crippen molar-refractivity contribution in [3.63, 3.8) is 0 Å². The number of carbonyl (C=O) groups excluding carboxylic acids is 2. The zero-order valence-electron chi connectivity index (χ0n) is 22.5. The molecule has 5 rings (SSSR count). The zero-order chi connectivity index (χ0) is 29.1. The van der Waals surface area contributed by atoms with Crippen LogP contribution in [0.2, 0.25) is 0 Å². The molecule has 0 bridgehead atoms. The first-order valence-corrected chi connectivity index (χ1v) is 13.4. The van der Waals surface area contributed by atoms with Gasteiger partial charge in [-0.15, -0.1) is 0 Å². The van der Waals surface area contributed by atoms with Gasteiger partial charge in [-0.1, -0.05) is 78.9 Å². The lowest BCUT2D eigenvalue weighted by Gasteiger charge is -2.29. The lowest BCUT2D eigenvalue weighted by Crippen LogP contribution is -2.55. The highest BCUT2D eigenvalue weighted by Crippen LogP contribution is 2.44. The fourth-order valence-electron chi connectivity index (χ4n) is 5.71. The maximum atomic E-state index is 14.2. The molecule has 2 N–H and O–H groups in total. The number of rotatable bonds is 9. The Bertz CT molecular complexity index is 1390. The summed E-state index contributed by atoms with van der Waals surface area (Å²) in [5.41, 5.74) is 5.09. The maximum absolute atomic E-state index is 14.2. The highest BCUT2D eigenvalue weighted by molar-refractivity contribution is 5.90. The van der Waals surface area contributed by atoms with Crippen LogP contribution in [0.4, 0.5) is 13.6 Å². The number of alkyl carbamates (subject to hydrolysis) is 1. The van der Waals surface area contributed by atoms with E-state index >= 15 is 0 Å². The Morgan fingerprint density at radius 2 is 1.59 bits per heavy atom. The van der Waals surface area contributed by atoms with Gasteiger partial charge in [0.25, 0.3) is 5.92 Å². The molecule has 10 heteroatoms. The molecule has 3 aromatic rings. The second kappa shape index (κ2) is 11.7. The molecular formula is C31H31F2N3O5. The SMILES string of the molecule is CN(Cc1ccccc1)CC(NC(=O)OCC1c2ccccc2-c2ccccc21)C(=O)N1CC(F)(F)CC1C(=O)O. The molecule has 0 saturated carbocycles. The van der Waals surface area contributed by atoms with E-state index < -0.39 is 48.9 Å². The molecule has 3 aromatic carbocycles. The average Bonchev–Trinajstić information content (AvgIpc) is 3.45. The van der Waals surface area contributed by atoms with Gasteiger partial charge in [0.2, 0.25) is 5.91 Å². The number of ether oxygens (including phenoxy) is 1. The van der Waals surface area contributed by atoms with Gasteiger partial charge < -0.3 is 20.1 Å². The predicted molar refractivity (Wildman–Crippen MR) is 147 cm³/mol. The second-order valence-corrected chi connectivity index (χ2v) is 10.6. The number of carboxylic acids is 1. The summed E-state index contributed by atoms with van der Waals surface area (Å²) in [5.74, 6) is -5.98. The van der Waals surface area contributed by atoms with E-state index in [2.05, 4.69) is 5.32 Å². The number of likely N-dealkylation sites (tertiary alicyclic amines) is 1. The molecule has 0 spiro atoms. The molecule has 214 valence electrons. The molecule has 0 aromatic heterocycles. The van der Waals surface area contributed by atoms with Gasteiger partial charge >= 0.3 is 12.1 Å². The molecule has 2 amide bonds. The summed E-state index contributed by atoms with van der Waals surface area (Å²) < 4.78 is 34.0. The number of hydrogen-bond acceptors (Lipinski definition) is 5. The zero-order valence-corrected chi connectivity index (χ0v) is 22.5. The quantitative estimate of drug-likeness (QED) is 0.402. The topological polar surface area (TPSA) is 99.2 Å².